The van der Waals surface area contributed by atoms with Gasteiger partial charge in [-0.2, -0.15) is 10.1 Å². The third-order valence-corrected chi connectivity index (χ3v) is 4.62. The molecule has 0 atom stereocenters. The van der Waals surface area contributed by atoms with Crippen LogP contribution < -0.4 is 10.7 Å². The van der Waals surface area contributed by atoms with Gasteiger partial charge in [0.25, 0.3) is 0 Å². The predicted molar refractivity (Wildman–Crippen MR) is 109 cm³/mol. The van der Waals surface area contributed by atoms with Crippen LogP contribution in [-0.4, -0.2) is 33.1 Å². The van der Waals surface area contributed by atoms with Crippen molar-refractivity contribution in [1.29, 1.82) is 0 Å². The van der Waals surface area contributed by atoms with Crippen LogP contribution >= 0.6 is 11.8 Å². The first-order valence-electron chi connectivity index (χ1n) is 8.36. The molecular weight excluding hydrogens is 360 g/mol. The van der Waals surface area contributed by atoms with Crippen molar-refractivity contribution in [2.75, 3.05) is 16.5 Å². The van der Waals surface area contributed by atoms with E-state index in [0.717, 1.165) is 16.8 Å². The smallest absolute Gasteiger partial charge is 0.240 e. The zero-order valence-corrected chi connectivity index (χ0v) is 15.9. The second-order valence-electron chi connectivity index (χ2n) is 5.88. The Hall–Kier alpha value is -3.13. The third-order valence-electron chi connectivity index (χ3n) is 3.77. The molecule has 3 N–H and O–H groups in total. The number of H-pyrrole nitrogens is 1. The molecular formula is C19H20N6OS. The van der Waals surface area contributed by atoms with Gasteiger partial charge in [0, 0.05) is 5.69 Å². The molecule has 0 aliphatic carbocycles. The highest BCUT2D eigenvalue weighted by molar-refractivity contribution is 7.99. The van der Waals surface area contributed by atoms with Gasteiger partial charge in [-0.1, -0.05) is 48.2 Å². The Morgan fingerprint density at radius 1 is 1.19 bits per heavy atom. The van der Waals surface area contributed by atoms with Gasteiger partial charge < -0.3 is 5.32 Å². The van der Waals surface area contributed by atoms with Crippen LogP contribution in [0.2, 0.25) is 0 Å². The molecule has 0 fully saturated rings. The van der Waals surface area contributed by atoms with Gasteiger partial charge in [-0.3, -0.25) is 4.79 Å². The number of thioether (sulfide) groups is 1. The summed E-state index contributed by atoms with van der Waals surface area (Å²) in [5.74, 6) is 0.529. The molecule has 0 unspecified atom stereocenters. The van der Waals surface area contributed by atoms with E-state index in [1.54, 1.807) is 6.21 Å². The number of carbonyl (C=O) groups is 1. The number of aromatic nitrogens is 3. The number of aromatic amines is 1. The van der Waals surface area contributed by atoms with E-state index in [9.17, 15) is 4.79 Å². The van der Waals surface area contributed by atoms with E-state index in [4.69, 9.17) is 0 Å². The van der Waals surface area contributed by atoms with E-state index in [1.165, 1.54) is 17.3 Å². The van der Waals surface area contributed by atoms with E-state index >= 15 is 0 Å². The van der Waals surface area contributed by atoms with Gasteiger partial charge in [-0.15, -0.1) is 5.10 Å². The summed E-state index contributed by atoms with van der Waals surface area (Å²) in [6.45, 7) is 4.05. The fourth-order valence-corrected chi connectivity index (χ4v) is 2.81. The molecule has 0 aliphatic rings. The highest BCUT2D eigenvalue weighted by Gasteiger charge is 2.08. The molecule has 0 saturated carbocycles. The maximum atomic E-state index is 12.1. The lowest BCUT2D eigenvalue weighted by Crippen LogP contribution is -2.14. The minimum Gasteiger partial charge on any atom is -0.325 e. The van der Waals surface area contributed by atoms with Crippen LogP contribution in [0.5, 0.6) is 0 Å². The minimum atomic E-state index is -0.107. The fraction of sp³-hybridized carbons (Fsp3) is 0.158. The molecule has 2 aromatic carbocycles. The molecule has 1 aromatic heterocycles. The van der Waals surface area contributed by atoms with Gasteiger partial charge in [0.15, 0.2) is 0 Å². The van der Waals surface area contributed by atoms with Gasteiger partial charge in [0.1, 0.15) is 0 Å². The number of benzene rings is 2. The second kappa shape index (κ2) is 9.00. The van der Waals surface area contributed by atoms with E-state index in [-0.39, 0.29) is 11.7 Å². The number of nitrogens with one attached hydrogen (secondary N) is 3. The number of carbonyl (C=O) groups excluding carboxylic acids is 1. The summed E-state index contributed by atoms with van der Waals surface area (Å²) in [6, 6.07) is 15.5. The number of hydrogen-bond acceptors (Lipinski definition) is 6. The second-order valence-corrected chi connectivity index (χ2v) is 6.83. The zero-order valence-electron chi connectivity index (χ0n) is 15.1. The molecule has 0 spiro atoms. The Morgan fingerprint density at radius 3 is 2.78 bits per heavy atom. The van der Waals surface area contributed by atoms with Crippen molar-refractivity contribution in [1.82, 2.24) is 15.2 Å². The molecule has 27 heavy (non-hydrogen) atoms. The first-order chi connectivity index (χ1) is 13.1. The number of nitrogens with zero attached hydrogens (tertiary/aromatic N) is 3. The minimum absolute atomic E-state index is 0.107. The van der Waals surface area contributed by atoms with E-state index < -0.39 is 0 Å². The highest BCUT2D eigenvalue weighted by Crippen LogP contribution is 2.17. The van der Waals surface area contributed by atoms with Crippen molar-refractivity contribution in [3.05, 3.63) is 65.2 Å². The number of hydrazone groups is 1. The van der Waals surface area contributed by atoms with Crippen LogP contribution in [0.4, 0.5) is 11.6 Å². The summed E-state index contributed by atoms with van der Waals surface area (Å²) in [6.07, 6.45) is 1.69. The Morgan fingerprint density at radius 2 is 2.00 bits per heavy atom. The number of amides is 1. The van der Waals surface area contributed by atoms with E-state index in [2.05, 4.69) is 31.0 Å². The SMILES string of the molecule is Cc1ccc(NC(=O)CSc2n[nH]c(N/N=C\c3ccccc3)n2)cc1C. The Kier molecular flexibility index (Phi) is 6.22. The molecule has 7 nitrogen and oxygen atoms in total. The average molecular weight is 380 g/mol. The molecule has 1 amide bonds. The summed E-state index contributed by atoms with van der Waals surface area (Å²) < 4.78 is 0. The van der Waals surface area contributed by atoms with Crippen molar-refractivity contribution < 1.29 is 4.79 Å². The first-order valence-corrected chi connectivity index (χ1v) is 9.35. The highest BCUT2D eigenvalue weighted by atomic mass is 32.2. The maximum Gasteiger partial charge on any atom is 0.240 e. The van der Waals surface area contributed by atoms with Crippen LogP contribution in [0.25, 0.3) is 0 Å². The van der Waals surface area contributed by atoms with Gasteiger partial charge in [-0.25, -0.2) is 10.5 Å². The molecule has 0 bridgehead atoms. The lowest BCUT2D eigenvalue weighted by Gasteiger charge is -2.06. The van der Waals surface area contributed by atoms with Gasteiger partial charge in [0.2, 0.25) is 17.0 Å². The average Bonchev–Trinajstić information content (AvgIpc) is 3.12. The van der Waals surface area contributed by atoms with Gasteiger partial charge in [0.05, 0.1) is 12.0 Å². The predicted octanol–water partition coefficient (Wildman–Crippen LogP) is 3.60. The first kappa shape index (κ1) is 18.7. The number of hydrogen-bond donors (Lipinski definition) is 3. The molecule has 8 heteroatoms. The molecule has 0 saturated heterocycles. The monoisotopic (exact) mass is 380 g/mol. The number of rotatable bonds is 7. The van der Waals surface area contributed by atoms with Crippen LogP contribution in [-0.2, 0) is 4.79 Å². The van der Waals surface area contributed by atoms with Crippen molar-refractivity contribution in [2.24, 2.45) is 5.10 Å². The Balaban J connectivity index is 1.46. The van der Waals surface area contributed by atoms with Crippen molar-refractivity contribution in [3.63, 3.8) is 0 Å². The molecule has 1 heterocycles. The summed E-state index contributed by atoms with van der Waals surface area (Å²) in [4.78, 5) is 16.3. The fourth-order valence-electron chi connectivity index (χ4n) is 2.21. The summed E-state index contributed by atoms with van der Waals surface area (Å²) in [7, 11) is 0. The lowest BCUT2D eigenvalue weighted by molar-refractivity contribution is -0.113. The lowest BCUT2D eigenvalue weighted by atomic mass is 10.1. The quantitative estimate of drug-likeness (QED) is 0.331. The topological polar surface area (TPSA) is 95.1 Å². The van der Waals surface area contributed by atoms with E-state index in [1.807, 2.05) is 62.4 Å². The van der Waals surface area contributed by atoms with Crippen LogP contribution in [0.3, 0.4) is 0 Å². The van der Waals surface area contributed by atoms with Crippen LogP contribution in [0.15, 0.2) is 58.8 Å². The van der Waals surface area contributed by atoms with Gasteiger partial charge in [-0.05, 0) is 42.7 Å². The maximum absolute atomic E-state index is 12.1. The molecule has 138 valence electrons. The Bertz CT molecular complexity index is 938. The van der Waals surface area contributed by atoms with Crippen LogP contribution in [0, 0.1) is 13.8 Å². The number of aryl methyl sites for hydroxylation is 2. The van der Waals surface area contributed by atoms with Crippen molar-refractivity contribution in [3.8, 4) is 0 Å². The summed E-state index contributed by atoms with van der Waals surface area (Å²) in [5, 5.41) is 14.2. The Labute approximate surface area is 161 Å². The van der Waals surface area contributed by atoms with E-state index in [0.29, 0.717) is 11.1 Å². The zero-order chi connectivity index (χ0) is 19.1. The molecule has 0 radical (unpaired) electrons. The van der Waals surface area contributed by atoms with Gasteiger partial charge >= 0.3 is 0 Å². The normalized spacial score (nSPS) is 10.9. The summed E-state index contributed by atoms with van der Waals surface area (Å²) in [5.41, 5.74) is 6.87. The van der Waals surface area contributed by atoms with Crippen molar-refractivity contribution >= 4 is 35.5 Å². The third kappa shape index (κ3) is 5.68. The number of anilines is 2. The largest absolute Gasteiger partial charge is 0.325 e. The molecule has 3 aromatic rings. The molecule has 3 rings (SSSR count). The molecule has 0 aliphatic heterocycles. The standard InChI is InChI=1S/C19H20N6OS/c1-13-8-9-16(10-14(13)2)21-17(26)12-27-19-22-18(24-25-19)23-20-11-15-6-4-3-5-7-15/h3-11H,12H2,1-2H3,(H,21,26)(H2,22,23,24,25)/b20-11-. The van der Waals surface area contributed by atoms with Crippen molar-refractivity contribution in [2.45, 2.75) is 19.0 Å². The van der Waals surface area contributed by atoms with Crippen LogP contribution in [0.1, 0.15) is 16.7 Å². The summed E-state index contributed by atoms with van der Waals surface area (Å²) >= 11 is 1.25.